The van der Waals surface area contributed by atoms with Crippen LogP contribution in [-0.2, 0) is 22.5 Å². The number of amides is 1. The highest BCUT2D eigenvalue weighted by Gasteiger charge is 2.20. The second-order valence-corrected chi connectivity index (χ2v) is 5.19. The van der Waals surface area contributed by atoms with Crippen molar-refractivity contribution in [2.75, 3.05) is 13.7 Å². The molecular weight excluding hydrogens is 276 g/mol. The molecule has 118 valence electrons. The monoisotopic (exact) mass is 298 g/mol. The lowest BCUT2D eigenvalue weighted by molar-refractivity contribution is -0.122. The van der Waals surface area contributed by atoms with Crippen molar-refractivity contribution in [3.8, 4) is 0 Å². The van der Waals surface area contributed by atoms with Gasteiger partial charge in [0.2, 0.25) is 5.91 Å². The number of aromatic carboxylic acids is 1. The normalized spacial score (nSPS) is 12.4. The van der Waals surface area contributed by atoms with E-state index in [1.807, 2.05) is 20.8 Å². The summed E-state index contributed by atoms with van der Waals surface area (Å²) in [6.45, 7) is 6.20. The van der Waals surface area contributed by atoms with Gasteiger partial charge in [-0.3, -0.25) is 4.79 Å². The minimum absolute atomic E-state index is 0.0300. The van der Waals surface area contributed by atoms with Crippen LogP contribution in [0.25, 0.3) is 0 Å². The van der Waals surface area contributed by atoms with Crippen LogP contribution in [-0.4, -0.2) is 51.7 Å². The van der Waals surface area contributed by atoms with E-state index in [1.165, 1.54) is 11.8 Å². The molecule has 0 aromatic carbocycles. The number of carbonyl (C=O) groups excluding carboxylic acids is 1. The zero-order valence-electron chi connectivity index (χ0n) is 12.8. The lowest BCUT2D eigenvalue weighted by Crippen LogP contribution is -2.38. The molecule has 21 heavy (non-hydrogen) atoms. The third-order valence-corrected chi connectivity index (χ3v) is 3.27. The first-order chi connectivity index (χ1) is 9.86. The van der Waals surface area contributed by atoms with Crippen LogP contribution >= 0.6 is 0 Å². The van der Waals surface area contributed by atoms with E-state index in [4.69, 9.17) is 9.84 Å². The summed E-state index contributed by atoms with van der Waals surface area (Å²) < 4.78 is 6.25. The van der Waals surface area contributed by atoms with Crippen molar-refractivity contribution in [3.05, 3.63) is 11.4 Å². The summed E-state index contributed by atoms with van der Waals surface area (Å²) in [5.41, 5.74) is 0.244. The maximum absolute atomic E-state index is 12.0. The second-order valence-electron chi connectivity index (χ2n) is 5.19. The summed E-state index contributed by atoms with van der Waals surface area (Å²) in [5.74, 6) is -1.08. The number of methoxy groups -OCH3 is 1. The van der Waals surface area contributed by atoms with Gasteiger partial charge in [0.15, 0.2) is 5.69 Å². The van der Waals surface area contributed by atoms with Crippen molar-refractivity contribution < 1.29 is 19.4 Å². The predicted molar refractivity (Wildman–Crippen MR) is 75.0 cm³/mol. The van der Waals surface area contributed by atoms with Crippen molar-refractivity contribution in [3.63, 3.8) is 0 Å². The summed E-state index contributed by atoms with van der Waals surface area (Å²) in [4.78, 5) is 23.0. The highest BCUT2D eigenvalue weighted by Crippen LogP contribution is 2.07. The molecule has 0 bridgehead atoms. The van der Waals surface area contributed by atoms with Crippen molar-refractivity contribution in [2.24, 2.45) is 5.92 Å². The summed E-state index contributed by atoms with van der Waals surface area (Å²) in [7, 11) is 1.52. The predicted octanol–water partition coefficient (Wildman–Crippen LogP) is 0.326. The molecule has 1 aromatic heterocycles. The minimum atomic E-state index is -1.16. The Morgan fingerprint density at radius 3 is 2.57 bits per heavy atom. The number of carboxylic acid groups (broad SMARTS) is 1. The number of hydrogen-bond acceptors (Lipinski definition) is 5. The fraction of sp³-hybridized carbons (Fsp3) is 0.692. The molecule has 1 unspecified atom stereocenters. The van der Waals surface area contributed by atoms with Gasteiger partial charge in [0.25, 0.3) is 0 Å². The van der Waals surface area contributed by atoms with E-state index in [1.54, 1.807) is 0 Å². The van der Waals surface area contributed by atoms with Crippen molar-refractivity contribution >= 4 is 11.9 Å². The Balaban J connectivity index is 2.82. The lowest BCUT2D eigenvalue weighted by Gasteiger charge is -2.17. The molecule has 8 heteroatoms. The fourth-order valence-corrected chi connectivity index (χ4v) is 1.67. The van der Waals surface area contributed by atoms with Gasteiger partial charge in [-0.15, -0.1) is 5.10 Å². The van der Waals surface area contributed by atoms with Crippen LogP contribution in [0.4, 0.5) is 0 Å². The Kier molecular flexibility index (Phi) is 6.29. The van der Waals surface area contributed by atoms with Gasteiger partial charge in [0, 0.05) is 19.6 Å². The van der Waals surface area contributed by atoms with E-state index in [2.05, 4.69) is 15.6 Å². The number of rotatable bonds is 8. The molecule has 0 aliphatic carbocycles. The molecule has 1 amide bonds. The van der Waals surface area contributed by atoms with E-state index in [0.717, 1.165) is 0 Å². The van der Waals surface area contributed by atoms with Gasteiger partial charge in [-0.2, -0.15) is 0 Å². The Bertz CT molecular complexity index is 498. The molecule has 1 aromatic rings. The highest BCUT2D eigenvalue weighted by molar-refractivity contribution is 5.86. The van der Waals surface area contributed by atoms with Crippen LogP contribution in [0, 0.1) is 5.92 Å². The van der Waals surface area contributed by atoms with Gasteiger partial charge in [0.1, 0.15) is 6.54 Å². The van der Waals surface area contributed by atoms with Crippen LogP contribution in [0.1, 0.15) is 37.0 Å². The number of carbonyl (C=O) groups is 2. The van der Waals surface area contributed by atoms with E-state index < -0.39 is 5.97 Å². The molecule has 1 heterocycles. The topological polar surface area (TPSA) is 106 Å². The standard InChI is InChI=1S/C13H22N4O4/c1-8(2)9(3)14-11(18)7-17-10(5-6-21-4)12(13(19)20)15-16-17/h8-9H,5-7H2,1-4H3,(H,14,18)(H,19,20). The van der Waals surface area contributed by atoms with E-state index in [-0.39, 0.29) is 24.2 Å². The van der Waals surface area contributed by atoms with E-state index >= 15 is 0 Å². The Morgan fingerprint density at radius 1 is 1.38 bits per heavy atom. The summed E-state index contributed by atoms with van der Waals surface area (Å²) in [6, 6.07) is 0.0300. The SMILES string of the molecule is COCCc1c(C(=O)O)nnn1CC(=O)NC(C)C(C)C. The van der Waals surface area contributed by atoms with Gasteiger partial charge >= 0.3 is 5.97 Å². The fourth-order valence-electron chi connectivity index (χ4n) is 1.67. The molecule has 0 radical (unpaired) electrons. The van der Waals surface area contributed by atoms with Crippen LogP contribution in [0.2, 0.25) is 0 Å². The molecule has 2 N–H and O–H groups in total. The quantitative estimate of drug-likeness (QED) is 0.716. The largest absolute Gasteiger partial charge is 0.476 e. The zero-order chi connectivity index (χ0) is 16.0. The number of hydrogen-bond donors (Lipinski definition) is 2. The Morgan fingerprint density at radius 2 is 2.05 bits per heavy atom. The average Bonchev–Trinajstić information content (AvgIpc) is 2.78. The third kappa shape index (κ3) is 4.82. The maximum Gasteiger partial charge on any atom is 0.358 e. The Labute approximate surface area is 123 Å². The first-order valence-electron chi connectivity index (χ1n) is 6.80. The number of carboxylic acids is 1. The third-order valence-electron chi connectivity index (χ3n) is 3.27. The maximum atomic E-state index is 12.0. The molecule has 0 aliphatic heterocycles. The molecule has 0 spiro atoms. The number of nitrogens with one attached hydrogen (secondary N) is 1. The number of ether oxygens (including phenoxy) is 1. The van der Waals surface area contributed by atoms with E-state index in [0.29, 0.717) is 24.6 Å². The molecule has 0 saturated heterocycles. The Hall–Kier alpha value is -1.96. The minimum Gasteiger partial charge on any atom is -0.476 e. The summed E-state index contributed by atoms with van der Waals surface area (Å²) >= 11 is 0. The van der Waals surface area contributed by atoms with E-state index in [9.17, 15) is 9.59 Å². The smallest absolute Gasteiger partial charge is 0.358 e. The molecule has 1 rings (SSSR count). The van der Waals surface area contributed by atoms with Gasteiger partial charge in [0.05, 0.1) is 12.3 Å². The first-order valence-corrected chi connectivity index (χ1v) is 6.80. The van der Waals surface area contributed by atoms with Gasteiger partial charge in [-0.25, -0.2) is 9.48 Å². The van der Waals surface area contributed by atoms with Crippen LogP contribution < -0.4 is 5.32 Å². The molecular formula is C13H22N4O4. The molecule has 0 saturated carbocycles. The highest BCUT2D eigenvalue weighted by atomic mass is 16.5. The lowest BCUT2D eigenvalue weighted by atomic mass is 10.1. The second kappa shape index (κ2) is 7.72. The van der Waals surface area contributed by atoms with Gasteiger partial charge in [-0.1, -0.05) is 19.1 Å². The van der Waals surface area contributed by atoms with Gasteiger partial charge in [-0.05, 0) is 12.8 Å². The number of nitrogens with zero attached hydrogens (tertiary/aromatic N) is 3. The van der Waals surface area contributed by atoms with Crippen LogP contribution in [0.5, 0.6) is 0 Å². The van der Waals surface area contributed by atoms with Gasteiger partial charge < -0.3 is 15.2 Å². The molecule has 8 nitrogen and oxygen atoms in total. The molecule has 0 fully saturated rings. The van der Waals surface area contributed by atoms with Crippen molar-refractivity contribution in [1.82, 2.24) is 20.3 Å². The van der Waals surface area contributed by atoms with Crippen molar-refractivity contribution in [2.45, 2.75) is 39.8 Å². The van der Waals surface area contributed by atoms with Crippen LogP contribution in [0.3, 0.4) is 0 Å². The first kappa shape index (κ1) is 17.1. The summed E-state index contributed by atoms with van der Waals surface area (Å²) in [5, 5.41) is 19.3. The number of aromatic nitrogens is 3. The average molecular weight is 298 g/mol. The molecule has 0 aliphatic rings. The van der Waals surface area contributed by atoms with Crippen LogP contribution in [0.15, 0.2) is 0 Å². The zero-order valence-corrected chi connectivity index (χ0v) is 12.8. The van der Waals surface area contributed by atoms with Crippen molar-refractivity contribution in [1.29, 1.82) is 0 Å². The summed E-state index contributed by atoms with van der Waals surface area (Å²) in [6.07, 6.45) is 0.331. The molecule has 1 atom stereocenters.